The van der Waals surface area contributed by atoms with Crippen molar-refractivity contribution in [2.45, 2.75) is 0 Å². The zero-order chi connectivity index (χ0) is 14.9. The largest absolute Gasteiger partial charge is 0.512 e. The number of aromatic nitrogens is 2. The van der Waals surface area contributed by atoms with E-state index < -0.39 is 23.3 Å². The summed E-state index contributed by atoms with van der Waals surface area (Å²) in [5.41, 5.74) is -0.582. The van der Waals surface area contributed by atoms with Gasteiger partial charge >= 0.3 is 6.16 Å². The van der Waals surface area contributed by atoms with Crippen LogP contribution in [0.3, 0.4) is 0 Å². The lowest BCUT2D eigenvalue weighted by molar-refractivity contribution is 0.112. The van der Waals surface area contributed by atoms with E-state index >= 15 is 0 Å². The van der Waals surface area contributed by atoms with Gasteiger partial charge in [-0.05, 0) is 11.4 Å². The predicted molar refractivity (Wildman–Crippen MR) is 68.5 cm³/mol. The monoisotopic (exact) mass is 296 g/mol. The van der Waals surface area contributed by atoms with Crippen LogP contribution in [0, 0.1) is 0 Å². The molecular weight excluding hydrogens is 288 g/mol. The summed E-state index contributed by atoms with van der Waals surface area (Å²) in [5.74, 6) is -1.61. The zero-order valence-corrected chi connectivity index (χ0v) is 10.9. The van der Waals surface area contributed by atoms with Crippen molar-refractivity contribution in [3.8, 4) is 22.3 Å². The summed E-state index contributed by atoms with van der Waals surface area (Å²) < 4.78 is 5.25. The number of aldehydes is 1. The summed E-state index contributed by atoms with van der Waals surface area (Å²) in [4.78, 5) is 37.4. The van der Waals surface area contributed by atoms with Crippen molar-refractivity contribution in [1.29, 1.82) is 0 Å². The third-order valence-electron chi connectivity index (χ3n) is 2.44. The standard InChI is InChI=1S/C11H8N2O6S/c1-13-8(7-5(4-14)2-3-20-7)12-9(19-11(17)18)6(15)10(13)16/h2-4,15H,1H3,(H,17,18). The van der Waals surface area contributed by atoms with Crippen molar-refractivity contribution in [1.82, 2.24) is 9.55 Å². The topological polar surface area (TPSA) is 119 Å². The van der Waals surface area contributed by atoms with E-state index in [1.54, 1.807) is 5.38 Å². The lowest BCUT2D eigenvalue weighted by Crippen LogP contribution is -2.21. The SMILES string of the molecule is Cn1c(-c2sccc2C=O)nc(OC(=O)O)c(O)c1=O. The van der Waals surface area contributed by atoms with E-state index in [2.05, 4.69) is 9.72 Å². The van der Waals surface area contributed by atoms with Crippen LogP contribution in [0.25, 0.3) is 10.7 Å². The number of thiophene rings is 1. The number of aromatic hydroxyl groups is 1. The van der Waals surface area contributed by atoms with Gasteiger partial charge in [0.05, 0.1) is 4.88 Å². The maximum Gasteiger partial charge on any atom is 0.512 e. The van der Waals surface area contributed by atoms with Gasteiger partial charge in [0.2, 0.25) is 5.75 Å². The first-order valence-corrected chi connectivity index (χ1v) is 6.07. The number of carboxylic acid groups (broad SMARTS) is 1. The molecule has 0 unspecified atom stereocenters. The molecule has 0 fully saturated rings. The minimum Gasteiger partial charge on any atom is -0.499 e. The molecule has 0 radical (unpaired) electrons. The number of hydrogen-bond acceptors (Lipinski definition) is 7. The molecule has 0 aliphatic carbocycles. The minimum absolute atomic E-state index is 0.0288. The lowest BCUT2D eigenvalue weighted by Gasteiger charge is -2.09. The third kappa shape index (κ3) is 2.26. The Morgan fingerprint density at radius 3 is 2.85 bits per heavy atom. The van der Waals surface area contributed by atoms with Crippen molar-refractivity contribution in [3.05, 3.63) is 27.4 Å². The first-order valence-electron chi connectivity index (χ1n) is 5.19. The first-order chi connectivity index (χ1) is 9.45. The molecule has 2 aromatic rings. The fraction of sp³-hybridized carbons (Fsp3) is 0.0909. The Morgan fingerprint density at radius 1 is 1.55 bits per heavy atom. The fourth-order valence-electron chi connectivity index (χ4n) is 1.52. The van der Waals surface area contributed by atoms with Crippen molar-refractivity contribution in [2.24, 2.45) is 7.05 Å². The van der Waals surface area contributed by atoms with Crippen molar-refractivity contribution in [3.63, 3.8) is 0 Å². The molecule has 8 nitrogen and oxygen atoms in total. The predicted octanol–water partition coefficient (Wildman–Crippen LogP) is 1.08. The molecular formula is C11H8N2O6S. The van der Waals surface area contributed by atoms with Gasteiger partial charge in [0.1, 0.15) is 0 Å². The van der Waals surface area contributed by atoms with E-state index in [0.29, 0.717) is 16.7 Å². The smallest absolute Gasteiger partial charge is 0.499 e. The second-order valence-electron chi connectivity index (χ2n) is 3.64. The summed E-state index contributed by atoms with van der Waals surface area (Å²) in [7, 11) is 1.34. The Bertz CT molecular complexity index is 748. The van der Waals surface area contributed by atoms with Crippen LogP contribution in [0.15, 0.2) is 16.2 Å². The van der Waals surface area contributed by atoms with Gasteiger partial charge in [0, 0.05) is 12.6 Å². The van der Waals surface area contributed by atoms with Gasteiger partial charge in [-0.2, -0.15) is 4.98 Å². The lowest BCUT2D eigenvalue weighted by atomic mass is 10.2. The maximum absolute atomic E-state index is 11.8. The Kier molecular flexibility index (Phi) is 3.53. The highest BCUT2D eigenvalue weighted by atomic mass is 32.1. The number of nitrogens with zero attached hydrogens (tertiary/aromatic N) is 2. The van der Waals surface area contributed by atoms with E-state index in [0.717, 1.165) is 15.9 Å². The first kappa shape index (κ1) is 13.7. The van der Waals surface area contributed by atoms with Crippen LogP contribution >= 0.6 is 11.3 Å². The van der Waals surface area contributed by atoms with E-state index in [9.17, 15) is 19.5 Å². The van der Waals surface area contributed by atoms with E-state index in [-0.39, 0.29) is 5.82 Å². The van der Waals surface area contributed by atoms with Crippen LogP contribution in [0.5, 0.6) is 11.6 Å². The van der Waals surface area contributed by atoms with Crippen LogP contribution in [0.1, 0.15) is 10.4 Å². The van der Waals surface area contributed by atoms with Crippen LogP contribution in [0.2, 0.25) is 0 Å². The molecule has 20 heavy (non-hydrogen) atoms. The second kappa shape index (κ2) is 5.13. The number of carbonyl (C=O) groups excluding carboxylic acids is 1. The Balaban J connectivity index is 2.71. The minimum atomic E-state index is -1.71. The molecule has 0 spiro atoms. The molecule has 0 atom stereocenters. The van der Waals surface area contributed by atoms with Gasteiger partial charge < -0.3 is 14.9 Å². The summed E-state index contributed by atoms with van der Waals surface area (Å²) >= 11 is 1.15. The normalized spacial score (nSPS) is 10.2. The maximum atomic E-state index is 11.8. The van der Waals surface area contributed by atoms with Gasteiger partial charge in [-0.25, -0.2) is 4.79 Å². The molecule has 2 rings (SSSR count). The molecule has 0 amide bonds. The molecule has 0 saturated carbocycles. The molecule has 9 heteroatoms. The number of ether oxygens (including phenoxy) is 1. The third-order valence-corrected chi connectivity index (χ3v) is 3.37. The Hall–Kier alpha value is -2.68. The average Bonchev–Trinajstić information content (AvgIpc) is 2.87. The van der Waals surface area contributed by atoms with Crippen LogP contribution in [-0.4, -0.2) is 32.2 Å². The Labute approximate surface area is 115 Å². The van der Waals surface area contributed by atoms with Crippen molar-refractivity contribution in [2.75, 3.05) is 0 Å². The van der Waals surface area contributed by atoms with Gasteiger partial charge in [-0.15, -0.1) is 11.3 Å². The Morgan fingerprint density at radius 2 is 2.25 bits per heavy atom. The van der Waals surface area contributed by atoms with Gasteiger partial charge in [0.25, 0.3) is 11.4 Å². The van der Waals surface area contributed by atoms with Gasteiger partial charge in [-0.1, -0.05) is 0 Å². The fourth-order valence-corrected chi connectivity index (χ4v) is 2.41. The van der Waals surface area contributed by atoms with Crippen molar-refractivity contribution >= 4 is 23.8 Å². The number of carbonyl (C=O) groups is 2. The van der Waals surface area contributed by atoms with Crippen LogP contribution in [0.4, 0.5) is 4.79 Å². The van der Waals surface area contributed by atoms with Gasteiger partial charge in [0.15, 0.2) is 12.1 Å². The highest BCUT2D eigenvalue weighted by molar-refractivity contribution is 7.13. The quantitative estimate of drug-likeness (QED) is 0.642. The average molecular weight is 296 g/mol. The zero-order valence-electron chi connectivity index (χ0n) is 10.1. The second-order valence-corrected chi connectivity index (χ2v) is 4.56. The van der Waals surface area contributed by atoms with Crippen LogP contribution < -0.4 is 10.3 Å². The summed E-state index contributed by atoms with van der Waals surface area (Å²) in [5, 5.41) is 19.7. The summed E-state index contributed by atoms with van der Waals surface area (Å²) in [6.45, 7) is 0. The van der Waals surface area contributed by atoms with Crippen molar-refractivity contribution < 1.29 is 24.5 Å². The highest BCUT2D eigenvalue weighted by Crippen LogP contribution is 2.29. The number of rotatable bonds is 3. The molecule has 0 aromatic carbocycles. The van der Waals surface area contributed by atoms with Gasteiger partial charge in [-0.3, -0.25) is 14.2 Å². The highest BCUT2D eigenvalue weighted by Gasteiger charge is 2.20. The molecule has 2 heterocycles. The molecule has 0 aliphatic heterocycles. The summed E-state index contributed by atoms with van der Waals surface area (Å²) in [6.07, 6.45) is -1.13. The molecule has 2 aromatic heterocycles. The molecule has 104 valence electrons. The number of hydrogen-bond donors (Lipinski definition) is 2. The molecule has 0 aliphatic rings. The van der Waals surface area contributed by atoms with E-state index in [4.69, 9.17) is 5.11 Å². The van der Waals surface area contributed by atoms with E-state index in [1.165, 1.54) is 13.1 Å². The molecule has 0 saturated heterocycles. The molecule has 2 N–H and O–H groups in total. The summed E-state index contributed by atoms with van der Waals surface area (Å²) in [6, 6.07) is 1.53. The van der Waals surface area contributed by atoms with E-state index in [1.807, 2.05) is 0 Å². The molecule has 0 bridgehead atoms. The van der Waals surface area contributed by atoms with Crippen LogP contribution in [-0.2, 0) is 7.05 Å².